The summed E-state index contributed by atoms with van der Waals surface area (Å²) in [6.45, 7) is 9.15. The minimum atomic E-state index is 0. The van der Waals surface area contributed by atoms with Gasteiger partial charge in [0, 0.05) is 32.2 Å². The topological polar surface area (TPSA) is 48.9 Å². The lowest BCUT2D eigenvalue weighted by molar-refractivity contribution is 0.303. The number of ether oxygens (including phenoxy) is 1. The summed E-state index contributed by atoms with van der Waals surface area (Å²) in [4.78, 5) is 6.74. The number of nitrogens with one attached hydrogen (secondary N) is 2. The van der Waals surface area contributed by atoms with Gasteiger partial charge < -0.3 is 20.3 Å². The molecule has 1 aromatic rings. The molecule has 1 unspecified atom stereocenters. The minimum Gasteiger partial charge on any atom is -0.493 e. The van der Waals surface area contributed by atoms with E-state index in [1.54, 1.807) is 0 Å². The molecule has 1 heterocycles. The van der Waals surface area contributed by atoms with E-state index >= 15 is 0 Å². The van der Waals surface area contributed by atoms with Crippen molar-refractivity contribution in [1.29, 1.82) is 0 Å². The first-order chi connectivity index (χ1) is 12.6. The molecule has 6 heteroatoms. The van der Waals surface area contributed by atoms with Crippen molar-refractivity contribution in [3.8, 4) is 5.75 Å². The normalized spacial score (nSPS) is 17.5. The van der Waals surface area contributed by atoms with Gasteiger partial charge in [-0.15, -0.1) is 24.0 Å². The Kier molecular flexibility index (Phi) is 11.7. The summed E-state index contributed by atoms with van der Waals surface area (Å²) >= 11 is 0. The van der Waals surface area contributed by atoms with Crippen LogP contribution in [0.2, 0.25) is 0 Å². The van der Waals surface area contributed by atoms with E-state index in [2.05, 4.69) is 59.6 Å². The van der Waals surface area contributed by atoms with Gasteiger partial charge in [-0.2, -0.15) is 0 Å². The average Bonchev–Trinajstić information content (AvgIpc) is 3.05. The quantitative estimate of drug-likeness (QED) is 0.240. The zero-order chi connectivity index (χ0) is 18.8. The van der Waals surface area contributed by atoms with Gasteiger partial charge in [-0.05, 0) is 50.9 Å². The monoisotopic (exact) mass is 488 g/mol. The van der Waals surface area contributed by atoms with Gasteiger partial charge in [0.2, 0.25) is 0 Å². The third-order valence-electron chi connectivity index (χ3n) is 4.95. The molecule has 154 valence electrons. The third kappa shape index (κ3) is 8.68. The molecule has 0 bridgehead atoms. The largest absolute Gasteiger partial charge is 0.493 e. The number of guanidine groups is 1. The Morgan fingerprint density at radius 3 is 2.78 bits per heavy atom. The number of hydrogen-bond acceptors (Lipinski definition) is 3. The van der Waals surface area contributed by atoms with Crippen molar-refractivity contribution in [3.63, 3.8) is 0 Å². The molecular formula is C21H37IN4O. The van der Waals surface area contributed by atoms with Crippen LogP contribution in [0.25, 0.3) is 0 Å². The van der Waals surface area contributed by atoms with E-state index < -0.39 is 0 Å². The molecule has 0 amide bonds. The molecule has 1 aromatic carbocycles. The van der Waals surface area contributed by atoms with Crippen LogP contribution in [0.3, 0.4) is 0 Å². The molecular weight excluding hydrogens is 451 g/mol. The average molecular weight is 488 g/mol. The Bertz CT molecular complexity index is 579. The highest BCUT2D eigenvalue weighted by atomic mass is 127. The lowest BCUT2D eigenvalue weighted by Crippen LogP contribution is -2.39. The van der Waals surface area contributed by atoms with Crippen LogP contribution in [0.4, 0.5) is 0 Å². The van der Waals surface area contributed by atoms with Crippen molar-refractivity contribution in [2.75, 3.05) is 40.3 Å². The Balaban J connectivity index is 0.00000364. The number of aryl methyl sites for hydroxylation is 1. The number of benzene rings is 1. The predicted molar refractivity (Wildman–Crippen MR) is 125 cm³/mol. The summed E-state index contributed by atoms with van der Waals surface area (Å²) in [6, 6.07) is 6.42. The maximum atomic E-state index is 6.03. The summed E-state index contributed by atoms with van der Waals surface area (Å²) in [5, 5.41) is 6.89. The van der Waals surface area contributed by atoms with Crippen LogP contribution in [0.1, 0.15) is 43.7 Å². The predicted octanol–water partition coefficient (Wildman–Crippen LogP) is 3.80. The van der Waals surface area contributed by atoms with Crippen LogP contribution in [0.5, 0.6) is 5.75 Å². The maximum absolute atomic E-state index is 6.03. The molecule has 0 aliphatic carbocycles. The van der Waals surface area contributed by atoms with Gasteiger partial charge >= 0.3 is 0 Å². The zero-order valence-corrected chi connectivity index (χ0v) is 19.7. The van der Waals surface area contributed by atoms with Crippen LogP contribution >= 0.6 is 24.0 Å². The Labute approximate surface area is 182 Å². The number of rotatable bonds is 9. The molecule has 1 atom stereocenters. The van der Waals surface area contributed by atoms with E-state index in [0.717, 1.165) is 37.8 Å². The molecule has 1 aliphatic rings. The second-order valence-corrected chi connectivity index (χ2v) is 7.39. The molecule has 1 aliphatic heterocycles. The fraction of sp³-hybridized carbons (Fsp3) is 0.667. The molecule has 1 fully saturated rings. The Morgan fingerprint density at radius 1 is 1.30 bits per heavy atom. The van der Waals surface area contributed by atoms with Crippen molar-refractivity contribution in [2.45, 2.75) is 46.1 Å². The molecule has 0 spiro atoms. The van der Waals surface area contributed by atoms with Crippen molar-refractivity contribution < 1.29 is 4.74 Å². The van der Waals surface area contributed by atoms with E-state index in [9.17, 15) is 0 Å². The van der Waals surface area contributed by atoms with Crippen LogP contribution in [0.15, 0.2) is 23.2 Å². The number of aliphatic imine (C=N–C) groups is 1. The summed E-state index contributed by atoms with van der Waals surface area (Å²) < 4.78 is 6.03. The number of nitrogens with zero attached hydrogens (tertiary/aromatic N) is 2. The fourth-order valence-corrected chi connectivity index (χ4v) is 3.31. The summed E-state index contributed by atoms with van der Waals surface area (Å²) in [5.41, 5.74) is 2.41. The van der Waals surface area contributed by atoms with Crippen molar-refractivity contribution in [3.05, 3.63) is 29.3 Å². The van der Waals surface area contributed by atoms with Crippen molar-refractivity contribution >= 4 is 29.9 Å². The zero-order valence-electron chi connectivity index (χ0n) is 17.4. The molecule has 0 aromatic heterocycles. The smallest absolute Gasteiger partial charge is 0.191 e. The lowest BCUT2D eigenvalue weighted by Gasteiger charge is -2.17. The number of halogens is 1. The third-order valence-corrected chi connectivity index (χ3v) is 4.95. The van der Waals surface area contributed by atoms with E-state index in [1.165, 1.54) is 36.9 Å². The maximum Gasteiger partial charge on any atom is 0.191 e. The van der Waals surface area contributed by atoms with Crippen molar-refractivity contribution in [1.82, 2.24) is 15.5 Å². The van der Waals surface area contributed by atoms with Gasteiger partial charge in [0.05, 0.1) is 6.61 Å². The highest BCUT2D eigenvalue weighted by molar-refractivity contribution is 14.0. The molecule has 2 rings (SSSR count). The fourth-order valence-electron chi connectivity index (χ4n) is 3.31. The molecule has 0 saturated carbocycles. The first kappa shape index (κ1) is 24.0. The molecule has 2 N–H and O–H groups in total. The minimum absolute atomic E-state index is 0. The first-order valence-electron chi connectivity index (χ1n) is 9.97. The van der Waals surface area contributed by atoms with E-state index in [4.69, 9.17) is 4.74 Å². The summed E-state index contributed by atoms with van der Waals surface area (Å²) in [5.74, 6) is 2.55. The summed E-state index contributed by atoms with van der Waals surface area (Å²) in [7, 11) is 4.01. The lowest BCUT2D eigenvalue weighted by atomic mass is 10.1. The van der Waals surface area contributed by atoms with Crippen LogP contribution in [-0.2, 0) is 6.54 Å². The standard InChI is InChI=1S/C21H36N4O.HI/c1-5-6-7-12-26-20-13-17(2)8-9-19(20)15-24-21(22-3)23-14-18-10-11-25(4)16-18;/h8-9,13,18H,5-7,10-12,14-16H2,1-4H3,(H2,22,23,24);1H. The molecule has 27 heavy (non-hydrogen) atoms. The van der Waals surface area contributed by atoms with Crippen LogP contribution < -0.4 is 15.4 Å². The number of unbranched alkanes of at least 4 members (excludes halogenated alkanes) is 2. The second-order valence-electron chi connectivity index (χ2n) is 7.39. The van der Waals surface area contributed by atoms with Gasteiger partial charge in [0.15, 0.2) is 5.96 Å². The second kappa shape index (κ2) is 13.2. The van der Waals surface area contributed by atoms with E-state index in [0.29, 0.717) is 12.5 Å². The van der Waals surface area contributed by atoms with E-state index in [-0.39, 0.29) is 24.0 Å². The molecule has 5 nitrogen and oxygen atoms in total. The van der Waals surface area contributed by atoms with Crippen molar-refractivity contribution in [2.24, 2.45) is 10.9 Å². The number of hydrogen-bond donors (Lipinski definition) is 2. The number of likely N-dealkylation sites (tertiary alicyclic amines) is 1. The first-order valence-corrected chi connectivity index (χ1v) is 9.97. The highest BCUT2D eigenvalue weighted by Crippen LogP contribution is 2.21. The van der Waals surface area contributed by atoms with E-state index in [1.807, 2.05) is 7.05 Å². The summed E-state index contributed by atoms with van der Waals surface area (Å²) in [6.07, 6.45) is 4.79. The van der Waals surface area contributed by atoms with Gasteiger partial charge in [-0.1, -0.05) is 31.9 Å². The highest BCUT2D eigenvalue weighted by Gasteiger charge is 2.19. The van der Waals surface area contributed by atoms with Gasteiger partial charge in [-0.25, -0.2) is 0 Å². The van der Waals surface area contributed by atoms with Gasteiger partial charge in [0.25, 0.3) is 0 Å². The van der Waals surface area contributed by atoms with Crippen LogP contribution in [0, 0.1) is 12.8 Å². The SMILES string of the molecule is CCCCCOc1cc(C)ccc1CNC(=NC)NCC1CCN(C)C1.I. The Hall–Kier alpha value is -1.02. The molecule has 0 radical (unpaired) electrons. The van der Waals surface area contributed by atoms with Gasteiger partial charge in [0.1, 0.15) is 5.75 Å². The molecule has 1 saturated heterocycles. The van der Waals surface area contributed by atoms with Crippen LogP contribution in [-0.4, -0.2) is 51.2 Å². The Morgan fingerprint density at radius 2 is 2.11 bits per heavy atom. The van der Waals surface area contributed by atoms with Gasteiger partial charge in [-0.3, -0.25) is 4.99 Å².